The van der Waals surface area contributed by atoms with E-state index in [9.17, 15) is 22.4 Å². The van der Waals surface area contributed by atoms with Gasteiger partial charge in [0.25, 0.3) is 5.91 Å². The first-order valence-corrected chi connectivity index (χ1v) is 13.4. The Hall–Kier alpha value is -4.47. The molecule has 1 amide bonds. The Labute approximate surface area is 235 Å². The van der Waals surface area contributed by atoms with Crippen LogP contribution in [0.3, 0.4) is 0 Å². The quantitative estimate of drug-likeness (QED) is 0.231. The summed E-state index contributed by atoms with van der Waals surface area (Å²) in [6, 6.07) is 14.2. The number of hydrogen-bond acceptors (Lipinski definition) is 5. The van der Waals surface area contributed by atoms with Crippen LogP contribution in [0.4, 0.5) is 28.9 Å². The molecule has 3 heterocycles. The van der Waals surface area contributed by atoms with Crippen molar-refractivity contribution in [3.05, 3.63) is 95.7 Å². The zero-order valence-corrected chi connectivity index (χ0v) is 22.3. The fraction of sp³-hybridized carbons (Fsp3) is 0.258. The van der Waals surface area contributed by atoms with Gasteiger partial charge in [0.2, 0.25) is 5.88 Å². The molecule has 1 fully saturated rings. The van der Waals surface area contributed by atoms with Crippen molar-refractivity contribution in [3.63, 3.8) is 0 Å². The van der Waals surface area contributed by atoms with E-state index in [1.54, 1.807) is 18.5 Å². The molecule has 0 saturated carbocycles. The zero-order chi connectivity index (χ0) is 29.0. The van der Waals surface area contributed by atoms with E-state index in [4.69, 9.17) is 4.74 Å². The number of halogens is 4. The molecule has 1 N–H and O–H groups in total. The molecule has 1 aliphatic heterocycles. The summed E-state index contributed by atoms with van der Waals surface area (Å²) in [5.41, 5.74) is 1.53. The topological polar surface area (TPSA) is 67.3 Å². The van der Waals surface area contributed by atoms with Crippen LogP contribution < -0.4 is 15.0 Å². The van der Waals surface area contributed by atoms with Gasteiger partial charge < -0.3 is 15.0 Å². The Morgan fingerprint density at radius 3 is 2.54 bits per heavy atom. The third kappa shape index (κ3) is 6.48. The average Bonchev–Trinajstić information content (AvgIpc) is 2.98. The molecule has 0 bridgehead atoms. The number of nitrogens with one attached hydrogen (secondary N) is 1. The summed E-state index contributed by atoms with van der Waals surface area (Å²) in [4.78, 5) is 23.8. The molecule has 212 valence electrons. The molecular weight excluding hydrogens is 536 g/mol. The molecule has 0 unspecified atom stereocenters. The highest BCUT2D eigenvalue weighted by Gasteiger charge is 2.32. The number of carbonyl (C=O) groups is 1. The van der Waals surface area contributed by atoms with Crippen LogP contribution in [0.5, 0.6) is 11.6 Å². The second-order valence-corrected chi connectivity index (χ2v) is 9.72. The van der Waals surface area contributed by atoms with Gasteiger partial charge in [-0.05, 0) is 91.9 Å². The molecule has 2 aromatic heterocycles. The maximum absolute atomic E-state index is 14.9. The van der Waals surface area contributed by atoms with Gasteiger partial charge in [-0.1, -0.05) is 6.92 Å². The Bertz CT molecular complexity index is 1550. The van der Waals surface area contributed by atoms with Gasteiger partial charge in [0, 0.05) is 36.7 Å². The average molecular weight is 565 g/mol. The number of benzene rings is 2. The standard InChI is InChI=1S/C31H28F4N4O2/c1-2-22-17-20(12-14-36-22)24-7-6-13-37-30(24)41-23-9-10-26(32)25(19-23)29(40)38-27-18-21(31(33,34)35)8-11-28(27)39-15-4-3-5-16-39/h6-14,17-19H,2-5,15-16H2,1H3,(H,38,40). The summed E-state index contributed by atoms with van der Waals surface area (Å²) in [5.74, 6) is -1.36. The van der Waals surface area contributed by atoms with Crippen LogP contribution in [0.25, 0.3) is 11.1 Å². The van der Waals surface area contributed by atoms with E-state index < -0.39 is 23.5 Å². The number of rotatable bonds is 7. The Morgan fingerprint density at radius 1 is 0.976 bits per heavy atom. The third-order valence-corrected chi connectivity index (χ3v) is 6.93. The van der Waals surface area contributed by atoms with Crippen molar-refractivity contribution in [1.82, 2.24) is 9.97 Å². The minimum Gasteiger partial charge on any atom is -0.438 e. The second-order valence-electron chi connectivity index (χ2n) is 9.72. The van der Waals surface area contributed by atoms with Crippen LogP contribution in [0, 0.1) is 5.82 Å². The number of amides is 1. The number of ether oxygens (including phenoxy) is 1. The largest absolute Gasteiger partial charge is 0.438 e. The number of aryl methyl sites for hydroxylation is 1. The number of alkyl halides is 3. The lowest BCUT2D eigenvalue weighted by molar-refractivity contribution is -0.137. The first-order chi connectivity index (χ1) is 19.7. The van der Waals surface area contributed by atoms with E-state index in [1.165, 1.54) is 18.2 Å². The molecule has 1 saturated heterocycles. The maximum Gasteiger partial charge on any atom is 0.416 e. The number of piperidine rings is 1. The second kappa shape index (κ2) is 12.0. The number of hydrogen-bond donors (Lipinski definition) is 1. The molecular formula is C31H28F4N4O2. The van der Waals surface area contributed by atoms with E-state index in [-0.39, 0.29) is 22.9 Å². The van der Waals surface area contributed by atoms with E-state index in [0.29, 0.717) is 24.3 Å². The van der Waals surface area contributed by atoms with Crippen LogP contribution in [-0.4, -0.2) is 29.0 Å². The van der Waals surface area contributed by atoms with Gasteiger partial charge in [-0.25, -0.2) is 9.37 Å². The molecule has 0 atom stereocenters. The lowest BCUT2D eigenvalue weighted by Crippen LogP contribution is -2.30. The first-order valence-electron chi connectivity index (χ1n) is 13.4. The molecule has 0 radical (unpaired) electrons. The van der Waals surface area contributed by atoms with Gasteiger partial charge in [0.15, 0.2) is 0 Å². The Balaban J connectivity index is 1.44. The fourth-order valence-corrected chi connectivity index (χ4v) is 4.80. The SMILES string of the molecule is CCc1cc(-c2cccnc2Oc2ccc(F)c(C(=O)Nc3cc(C(F)(F)F)ccc3N3CCCCC3)c2)ccn1. The van der Waals surface area contributed by atoms with E-state index in [0.717, 1.165) is 55.1 Å². The predicted molar refractivity (Wildman–Crippen MR) is 149 cm³/mol. The number of nitrogens with zero attached hydrogens (tertiary/aromatic N) is 3. The lowest BCUT2D eigenvalue weighted by Gasteiger charge is -2.31. The molecule has 41 heavy (non-hydrogen) atoms. The summed E-state index contributed by atoms with van der Waals surface area (Å²) in [6.45, 7) is 3.29. The highest BCUT2D eigenvalue weighted by molar-refractivity contribution is 6.06. The molecule has 4 aromatic rings. The molecule has 0 spiro atoms. The molecule has 6 nitrogen and oxygen atoms in total. The normalized spacial score (nSPS) is 13.6. The van der Waals surface area contributed by atoms with Crippen molar-refractivity contribution in [2.75, 3.05) is 23.3 Å². The van der Waals surface area contributed by atoms with E-state index in [2.05, 4.69) is 15.3 Å². The predicted octanol–water partition coefficient (Wildman–Crippen LogP) is 7.90. The van der Waals surface area contributed by atoms with Crippen LogP contribution in [0.1, 0.15) is 47.8 Å². The van der Waals surface area contributed by atoms with Crippen molar-refractivity contribution in [2.24, 2.45) is 0 Å². The van der Waals surface area contributed by atoms with Gasteiger partial charge in [-0.15, -0.1) is 0 Å². The van der Waals surface area contributed by atoms with Crippen molar-refractivity contribution < 1.29 is 27.1 Å². The van der Waals surface area contributed by atoms with Crippen molar-refractivity contribution in [2.45, 2.75) is 38.8 Å². The van der Waals surface area contributed by atoms with E-state index in [1.807, 2.05) is 30.0 Å². The van der Waals surface area contributed by atoms with Gasteiger partial charge in [-0.2, -0.15) is 13.2 Å². The van der Waals surface area contributed by atoms with Crippen molar-refractivity contribution in [1.29, 1.82) is 0 Å². The first kappa shape index (κ1) is 28.1. The monoisotopic (exact) mass is 564 g/mol. The molecule has 1 aliphatic rings. The summed E-state index contributed by atoms with van der Waals surface area (Å²) in [5, 5.41) is 2.52. The van der Waals surface area contributed by atoms with Crippen LogP contribution >= 0.6 is 0 Å². The Kier molecular flexibility index (Phi) is 8.19. The summed E-state index contributed by atoms with van der Waals surface area (Å²) < 4.78 is 61.4. The van der Waals surface area contributed by atoms with Gasteiger partial charge >= 0.3 is 6.18 Å². The van der Waals surface area contributed by atoms with Gasteiger partial charge in [0.05, 0.1) is 22.5 Å². The van der Waals surface area contributed by atoms with Crippen molar-refractivity contribution >= 4 is 17.3 Å². The number of aromatic nitrogens is 2. The highest BCUT2D eigenvalue weighted by atomic mass is 19.4. The minimum atomic E-state index is -4.61. The van der Waals surface area contributed by atoms with Crippen LogP contribution in [0.2, 0.25) is 0 Å². The Morgan fingerprint density at radius 2 is 1.78 bits per heavy atom. The third-order valence-electron chi connectivity index (χ3n) is 6.93. The smallest absolute Gasteiger partial charge is 0.416 e. The van der Waals surface area contributed by atoms with Crippen LogP contribution in [-0.2, 0) is 12.6 Å². The number of carbonyl (C=O) groups excluding carboxylic acids is 1. The molecule has 5 rings (SSSR count). The summed E-state index contributed by atoms with van der Waals surface area (Å²) >= 11 is 0. The molecule has 0 aliphatic carbocycles. The highest BCUT2D eigenvalue weighted by Crippen LogP contribution is 2.37. The molecule has 10 heteroatoms. The minimum absolute atomic E-state index is 0.0334. The maximum atomic E-state index is 14.9. The summed E-state index contributed by atoms with van der Waals surface area (Å²) in [6.07, 6.45) is 2.17. The molecule has 2 aromatic carbocycles. The van der Waals surface area contributed by atoms with Gasteiger partial charge in [-0.3, -0.25) is 9.78 Å². The van der Waals surface area contributed by atoms with E-state index >= 15 is 0 Å². The van der Waals surface area contributed by atoms with Crippen LogP contribution in [0.15, 0.2) is 73.1 Å². The number of pyridine rings is 2. The number of anilines is 2. The van der Waals surface area contributed by atoms with Gasteiger partial charge in [0.1, 0.15) is 11.6 Å². The van der Waals surface area contributed by atoms with Crippen molar-refractivity contribution in [3.8, 4) is 22.8 Å². The summed E-state index contributed by atoms with van der Waals surface area (Å²) in [7, 11) is 0. The zero-order valence-electron chi connectivity index (χ0n) is 22.3. The lowest BCUT2D eigenvalue weighted by atomic mass is 10.1. The fourth-order valence-electron chi connectivity index (χ4n) is 4.80.